The third kappa shape index (κ3) is 5.37. The van der Waals surface area contributed by atoms with E-state index in [4.69, 9.17) is 0 Å². The molecule has 0 saturated carbocycles. The zero-order valence-electron chi connectivity index (χ0n) is 20.2. The van der Waals surface area contributed by atoms with Crippen LogP contribution in [0.1, 0.15) is 31.8 Å². The zero-order valence-corrected chi connectivity index (χ0v) is 20.2. The number of carbonyl (C=O) groups is 2. The molecule has 1 aromatic heterocycles. The Balaban J connectivity index is 1.38. The maximum absolute atomic E-state index is 12.8. The summed E-state index contributed by atoms with van der Waals surface area (Å²) in [5.74, 6) is -0.467. The number of nitrogens with zero attached hydrogens (tertiary/aromatic N) is 2. The third-order valence-electron chi connectivity index (χ3n) is 6.23. The van der Waals surface area contributed by atoms with Gasteiger partial charge in [-0.15, -0.1) is 0 Å². The normalized spacial score (nSPS) is 11.5. The quantitative estimate of drug-likeness (QED) is 0.103. The van der Waals surface area contributed by atoms with Crippen molar-refractivity contribution in [3.63, 3.8) is 0 Å². The van der Waals surface area contributed by atoms with Gasteiger partial charge in [0.1, 0.15) is 0 Å². The lowest BCUT2D eigenvalue weighted by Gasteiger charge is -2.00. The Labute approximate surface area is 221 Å². The molecule has 0 amide bonds. The fraction of sp³-hybridized carbons (Fsp3) is 0. The first-order valence-corrected chi connectivity index (χ1v) is 11.8. The first-order valence-electron chi connectivity index (χ1n) is 11.8. The highest BCUT2D eigenvalue weighted by Gasteiger charge is 2.11. The minimum Gasteiger partial charge on any atom is -0.355 e. The summed E-state index contributed by atoms with van der Waals surface area (Å²) < 4.78 is 0. The number of benzene rings is 4. The molecule has 9 nitrogen and oxygen atoms in total. The van der Waals surface area contributed by atoms with Crippen LogP contribution in [-0.4, -0.2) is 26.4 Å². The fourth-order valence-electron chi connectivity index (χ4n) is 4.15. The topological polar surface area (TPSA) is 136 Å². The van der Waals surface area contributed by atoms with Gasteiger partial charge in [-0.25, -0.2) is 0 Å². The van der Waals surface area contributed by atoms with E-state index in [0.29, 0.717) is 22.3 Å². The van der Waals surface area contributed by atoms with E-state index in [1.165, 1.54) is 36.4 Å². The van der Waals surface area contributed by atoms with Crippen molar-refractivity contribution in [3.05, 3.63) is 140 Å². The number of nitrogens with one attached hydrogen (secondary N) is 1. The van der Waals surface area contributed by atoms with E-state index in [2.05, 4.69) is 4.98 Å². The summed E-state index contributed by atoms with van der Waals surface area (Å²) >= 11 is 0. The number of non-ortho nitro benzene ring substituents is 2. The van der Waals surface area contributed by atoms with Gasteiger partial charge in [0.2, 0.25) is 0 Å². The van der Waals surface area contributed by atoms with Crippen LogP contribution in [0.15, 0.2) is 97.1 Å². The lowest BCUT2D eigenvalue weighted by Crippen LogP contribution is -1.94. The summed E-state index contributed by atoms with van der Waals surface area (Å²) in [6.45, 7) is 0. The van der Waals surface area contributed by atoms with Crippen molar-refractivity contribution in [2.45, 2.75) is 0 Å². The number of nitro groups is 2. The van der Waals surface area contributed by atoms with E-state index >= 15 is 0 Å². The van der Waals surface area contributed by atoms with Crippen molar-refractivity contribution < 1.29 is 19.4 Å². The highest BCUT2D eigenvalue weighted by Crippen LogP contribution is 2.28. The predicted octanol–water partition coefficient (Wildman–Crippen LogP) is 6.93. The van der Waals surface area contributed by atoms with Crippen LogP contribution in [0.5, 0.6) is 0 Å². The van der Waals surface area contributed by atoms with Gasteiger partial charge in [-0.1, -0.05) is 12.2 Å². The van der Waals surface area contributed by atoms with Gasteiger partial charge >= 0.3 is 0 Å². The number of aromatic nitrogens is 1. The zero-order chi connectivity index (χ0) is 27.5. The first kappa shape index (κ1) is 25.0. The molecular weight excluding hydrogens is 498 g/mol. The SMILES string of the molecule is O=C(C=Cc1ccc([N+](=O)[O-])cc1)c1ccc2[nH]c3ccc(C(=O)C=Cc4ccc([N+](=O)[O-])cc4)cc3c2c1. The highest BCUT2D eigenvalue weighted by atomic mass is 16.6. The van der Waals surface area contributed by atoms with E-state index < -0.39 is 9.85 Å². The Morgan fingerprint density at radius 2 is 0.974 bits per heavy atom. The second kappa shape index (κ2) is 10.3. The number of hydrogen-bond donors (Lipinski definition) is 1. The molecule has 0 unspecified atom stereocenters. The average molecular weight is 517 g/mol. The van der Waals surface area contributed by atoms with E-state index in [1.807, 2.05) is 0 Å². The van der Waals surface area contributed by atoms with Crippen LogP contribution in [0.3, 0.4) is 0 Å². The monoisotopic (exact) mass is 517 g/mol. The molecule has 0 aliphatic heterocycles. The van der Waals surface area contributed by atoms with Crippen LogP contribution in [-0.2, 0) is 0 Å². The van der Waals surface area contributed by atoms with Gasteiger partial charge in [-0.3, -0.25) is 29.8 Å². The largest absolute Gasteiger partial charge is 0.355 e. The summed E-state index contributed by atoms with van der Waals surface area (Å²) in [6.07, 6.45) is 6.02. The van der Waals surface area contributed by atoms with E-state index in [9.17, 15) is 29.8 Å². The molecule has 0 radical (unpaired) electrons. The summed E-state index contributed by atoms with van der Waals surface area (Å²) in [5.41, 5.74) is 3.80. The molecule has 0 saturated heterocycles. The number of hydrogen-bond acceptors (Lipinski definition) is 6. The van der Waals surface area contributed by atoms with Crippen molar-refractivity contribution in [2.75, 3.05) is 0 Å². The molecule has 0 bridgehead atoms. The number of ketones is 2. The minimum atomic E-state index is -0.483. The van der Waals surface area contributed by atoms with Crippen LogP contribution in [0.4, 0.5) is 11.4 Å². The second-order valence-corrected chi connectivity index (χ2v) is 8.74. The smallest absolute Gasteiger partial charge is 0.269 e. The van der Waals surface area contributed by atoms with Crippen LogP contribution in [0.2, 0.25) is 0 Å². The molecule has 0 aliphatic rings. The van der Waals surface area contributed by atoms with Gasteiger partial charge in [0, 0.05) is 57.2 Å². The van der Waals surface area contributed by atoms with Crippen LogP contribution >= 0.6 is 0 Å². The summed E-state index contributed by atoms with van der Waals surface area (Å²) in [5, 5.41) is 23.2. The lowest BCUT2D eigenvalue weighted by molar-refractivity contribution is -0.385. The Bertz CT molecular complexity index is 1700. The molecule has 5 aromatic rings. The van der Waals surface area contributed by atoms with Gasteiger partial charge in [0.05, 0.1) is 9.85 Å². The van der Waals surface area contributed by atoms with E-state index in [1.54, 1.807) is 72.8 Å². The Hall–Kier alpha value is -5.70. The van der Waals surface area contributed by atoms with Gasteiger partial charge in [0.15, 0.2) is 11.6 Å². The maximum Gasteiger partial charge on any atom is 0.269 e. The van der Waals surface area contributed by atoms with E-state index in [-0.39, 0.29) is 22.9 Å². The summed E-state index contributed by atoms with van der Waals surface area (Å²) in [4.78, 5) is 49.6. The van der Waals surface area contributed by atoms with Gasteiger partial charge in [-0.05, 0) is 83.9 Å². The average Bonchev–Trinajstić information content (AvgIpc) is 3.32. The van der Waals surface area contributed by atoms with Crippen molar-refractivity contribution in [1.29, 1.82) is 0 Å². The third-order valence-corrected chi connectivity index (χ3v) is 6.23. The Kier molecular flexibility index (Phi) is 6.63. The standard InChI is InChI=1S/C30H19N3O6/c34-29(15-5-19-1-9-23(10-2-19)32(36)37)21-7-13-27-25(17-21)26-18-22(8-14-28(26)31-27)30(35)16-6-20-3-11-24(12-4-20)33(38)39/h1-18,31H. The van der Waals surface area contributed by atoms with Crippen molar-refractivity contribution in [2.24, 2.45) is 0 Å². The second-order valence-electron chi connectivity index (χ2n) is 8.74. The molecule has 5 rings (SSSR count). The molecule has 190 valence electrons. The lowest BCUT2D eigenvalue weighted by atomic mass is 10.0. The number of aromatic amines is 1. The molecule has 0 fully saturated rings. The fourth-order valence-corrected chi connectivity index (χ4v) is 4.15. The molecule has 39 heavy (non-hydrogen) atoms. The number of H-pyrrole nitrogens is 1. The van der Waals surface area contributed by atoms with Crippen LogP contribution in [0, 0.1) is 20.2 Å². The Morgan fingerprint density at radius 3 is 1.33 bits per heavy atom. The van der Waals surface area contributed by atoms with Gasteiger partial charge in [-0.2, -0.15) is 0 Å². The molecule has 9 heteroatoms. The van der Waals surface area contributed by atoms with Crippen LogP contribution < -0.4 is 0 Å². The Morgan fingerprint density at radius 1 is 0.590 bits per heavy atom. The van der Waals surface area contributed by atoms with Gasteiger partial charge < -0.3 is 4.98 Å². The van der Waals surface area contributed by atoms with Crippen molar-refractivity contribution >= 4 is 56.9 Å². The van der Waals surface area contributed by atoms with Gasteiger partial charge in [0.25, 0.3) is 11.4 Å². The number of fused-ring (bicyclic) bond motifs is 3. The van der Waals surface area contributed by atoms with E-state index in [0.717, 1.165) is 21.8 Å². The number of nitro benzene ring substituents is 2. The number of rotatable bonds is 8. The number of allylic oxidation sites excluding steroid dienone is 2. The first-order chi connectivity index (χ1) is 18.8. The molecule has 1 N–H and O–H groups in total. The van der Waals surface area contributed by atoms with Crippen molar-refractivity contribution in [1.82, 2.24) is 4.98 Å². The molecular formula is C30H19N3O6. The molecule has 4 aromatic carbocycles. The predicted molar refractivity (Wildman–Crippen MR) is 149 cm³/mol. The van der Waals surface area contributed by atoms with Crippen molar-refractivity contribution in [3.8, 4) is 0 Å². The van der Waals surface area contributed by atoms with Crippen LogP contribution in [0.25, 0.3) is 34.0 Å². The minimum absolute atomic E-state index is 0.0250. The maximum atomic E-state index is 12.8. The summed E-state index contributed by atoms with van der Waals surface area (Å²) in [6, 6.07) is 22.3. The highest BCUT2D eigenvalue weighted by molar-refractivity contribution is 6.15. The molecule has 0 spiro atoms. The molecule has 0 atom stereocenters. The molecule has 0 aliphatic carbocycles. The number of carbonyl (C=O) groups excluding carboxylic acids is 2. The molecule has 1 heterocycles. The summed E-state index contributed by atoms with van der Waals surface area (Å²) in [7, 11) is 0.